The van der Waals surface area contributed by atoms with Gasteiger partial charge in [-0.15, -0.1) is 0 Å². The number of unbranched alkanes of at least 4 members (excludes halogenated alkanes) is 1. The summed E-state index contributed by atoms with van der Waals surface area (Å²) in [5.74, 6) is 0.775. The molecule has 18 heavy (non-hydrogen) atoms. The predicted octanol–water partition coefficient (Wildman–Crippen LogP) is 2.27. The van der Waals surface area contributed by atoms with Crippen molar-refractivity contribution in [1.82, 2.24) is 10.2 Å². The molecule has 3 heteroatoms. The highest BCUT2D eigenvalue weighted by Gasteiger charge is 2.21. The fourth-order valence-corrected chi connectivity index (χ4v) is 3.18. The van der Waals surface area contributed by atoms with Gasteiger partial charge in [0.2, 0.25) is 0 Å². The van der Waals surface area contributed by atoms with E-state index >= 15 is 0 Å². The molecule has 0 spiro atoms. The van der Waals surface area contributed by atoms with E-state index in [2.05, 4.69) is 17.1 Å². The summed E-state index contributed by atoms with van der Waals surface area (Å²) in [4.78, 5) is 2.69. The van der Waals surface area contributed by atoms with E-state index in [1.807, 2.05) is 0 Å². The monoisotopic (exact) mass is 254 g/mol. The van der Waals surface area contributed by atoms with Crippen LogP contribution in [0.3, 0.4) is 0 Å². The number of nitrogens with one attached hydrogen (secondary N) is 1. The van der Waals surface area contributed by atoms with Crippen LogP contribution in [0, 0.1) is 5.92 Å². The molecule has 2 saturated heterocycles. The molecule has 0 aliphatic carbocycles. The van der Waals surface area contributed by atoms with Crippen molar-refractivity contribution in [3.8, 4) is 0 Å². The zero-order valence-electron chi connectivity index (χ0n) is 12.0. The second-order valence-corrected chi connectivity index (χ2v) is 5.99. The SMILES string of the molecule is CCCCN(CC1CCCOC1)CC1CCCN1. The van der Waals surface area contributed by atoms with Crippen LogP contribution in [0.4, 0.5) is 0 Å². The molecule has 2 heterocycles. The summed E-state index contributed by atoms with van der Waals surface area (Å²) < 4.78 is 5.62. The molecule has 2 aliphatic rings. The molecule has 106 valence electrons. The summed E-state index contributed by atoms with van der Waals surface area (Å²) >= 11 is 0. The largest absolute Gasteiger partial charge is 0.381 e. The molecule has 0 aromatic heterocycles. The Hall–Kier alpha value is -0.120. The Morgan fingerprint density at radius 3 is 2.83 bits per heavy atom. The molecule has 2 aliphatic heterocycles. The van der Waals surface area contributed by atoms with Crippen LogP contribution in [0.25, 0.3) is 0 Å². The van der Waals surface area contributed by atoms with E-state index in [0.29, 0.717) is 0 Å². The van der Waals surface area contributed by atoms with E-state index < -0.39 is 0 Å². The van der Waals surface area contributed by atoms with E-state index in [1.165, 1.54) is 64.7 Å². The van der Waals surface area contributed by atoms with Crippen molar-refractivity contribution in [2.24, 2.45) is 5.92 Å². The summed E-state index contributed by atoms with van der Waals surface area (Å²) in [6.45, 7) is 9.24. The first-order valence-corrected chi connectivity index (χ1v) is 7.92. The van der Waals surface area contributed by atoms with Gasteiger partial charge < -0.3 is 15.0 Å². The van der Waals surface area contributed by atoms with Crippen LogP contribution in [0.5, 0.6) is 0 Å². The first kappa shape index (κ1) is 14.3. The average molecular weight is 254 g/mol. The molecule has 0 aromatic carbocycles. The molecule has 0 amide bonds. The van der Waals surface area contributed by atoms with Gasteiger partial charge in [0.05, 0.1) is 6.61 Å². The Morgan fingerprint density at radius 2 is 2.17 bits per heavy atom. The molecule has 2 unspecified atom stereocenters. The van der Waals surface area contributed by atoms with Gasteiger partial charge in [0.1, 0.15) is 0 Å². The molecule has 1 N–H and O–H groups in total. The highest BCUT2D eigenvalue weighted by molar-refractivity contribution is 4.79. The molecule has 0 radical (unpaired) electrons. The predicted molar refractivity (Wildman–Crippen MR) is 75.9 cm³/mol. The molecule has 0 aromatic rings. The first-order valence-electron chi connectivity index (χ1n) is 7.92. The van der Waals surface area contributed by atoms with Crippen LogP contribution < -0.4 is 5.32 Å². The second kappa shape index (κ2) is 8.13. The maximum absolute atomic E-state index is 5.62. The van der Waals surface area contributed by atoms with Crippen molar-refractivity contribution in [1.29, 1.82) is 0 Å². The molecule has 0 saturated carbocycles. The Kier molecular flexibility index (Phi) is 6.46. The fraction of sp³-hybridized carbons (Fsp3) is 1.00. The Bertz CT molecular complexity index is 211. The minimum absolute atomic E-state index is 0.742. The normalized spacial score (nSPS) is 29.0. The van der Waals surface area contributed by atoms with Crippen LogP contribution in [-0.2, 0) is 4.74 Å². The number of rotatable bonds is 7. The minimum Gasteiger partial charge on any atom is -0.381 e. The number of nitrogens with zero attached hydrogens (tertiary/aromatic N) is 1. The van der Waals surface area contributed by atoms with Crippen LogP contribution in [-0.4, -0.2) is 50.3 Å². The van der Waals surface area contributed by atoms with Crippen molar-refractivity contribution < 1.29 is 4.74 Å². The Labute approximate surface area is 112 Å². The molecular formula is C15H30N2O. The van der Waals surface area contributed by atoms with Crippen molar-refractivity contribution in [2.75, 3.05) is 39.4 Å². The summed E-state index contributed by atoms with van der Waals surface area (Å²) in [5.41, 5.74) is 0. The van der Waals surface area contributed by atoms with Crippen molar-refractivity contribution >= 4 is 0 Å². The van der Waals surface area contributed by atoms with Crippen LogP contribution >= 0.6 is 0 Å². The van der Waals surface area contributed by atoms with Gasteiger partial charge in [0, 0.05) is 25.7 Å². The lowest BCUT2D eigenvalue weighted by Crippen LogP contribution is -2.41. The highest BCUT2D eigenvalue weighted by Crippen LogP contribution is 2.16. The lowest BCUT2D eigenvalue weighted by molar-refractivity contribution is 0.0371. The maximum atomic E-state index is 5.62. The Balaban J connectivity index is 1.74. The van der Waals surface area contributed by atoms with Crippen LogP contribution in [0.1, 0.15) is 45.4 Å². The molecular weight excluding hydrogens is 224 g/mol. The fourth-order valence-electron chi connectivity index (χ4n) is 3.18. The Morgan fingerprint density at radius 1 is 1.22 bits per heavy atom. The number of ether oxygens (including phenoxy) is 1. The molecule has 3 nitrogen and oxygen atoms in total. The van der Waals surface area contributed by atoms with Gasteiger partial charge in [-0.25, -0.2) is 0 Å². The quantitative estimate of drug-likeness (QED) is 0.754. The van der Waals surface area contributed by atoms with Crippen molar-refractivity contribution in [3.63, 3.8) is 0 Å². The summed E-state index contributed by atoms with van der Waals surface area (Å²) in [6, 6.07) is 0.742. The summed E-state index contributed by atoms with van der Waals surface area (Å²) in [7, 11) is 0. The highest BCUT2D eigenvalue weighted by atomic mass is 16.5. The number of hydrogen-bond acceptors (Lipinski definition) is 3. The second-order valence-electron chi connectivity index (χ2n) is 5.99. The topological polar surface area (TPSA) is 24.5 Å². The molecule has 2 rings (SSSR count). The number of hydrogen-bond donors (Lipinski definition) is 1. The third-order valence-corrected chi connectivity index (χ3v) is 4.24. The average Bonchev–Trinajstić information content (AvgIpc) is 2.90. The maximum Gasteiger partial charge on any atom is 0.0506 e. The van der Waals surface area contributed by atoms with E-state index in [4.69, 9.17) is 4.74 Å². The zero-order chi connectivity index (χ0) is 12.6. The zero-order valence-corrected chi connectivity index (χ0v) is 12.0. The van der Waals surface area contributed by atoms with Gasteiger partial charge in [0.25, 0.3) is 0 Å². The van der Waals surface area contributed by atoms with Crippen LogP contribution in [0.2, 0.25) is 0 Å². The third-order valence-electron chi connectivity index (χ3n) is 4.24. The van der Waals surface area contributed by atoms with Gasteiger partial charge in [-0.3, -0.25) is 0 Å². The van der Waals surface area contributed by atoms with Gasteiger partial charge in [-0.2, -0.15) is 0 Å². The van der Waals surface area contributed by atoms with E-state index in [0.717, 1.165) is 25.2 Å². The first-order chi connectivity index (χ1) is 8.88. The van der Waals surface area contributed by atoms with Gasteiger partial charge >= 0.3 is 0 Å². The van der Waals surface area contributed by atoms with Gasteiger partial charge in [-0.1, -0.05) is 13.3 Å². The smallest absolute Gasteiger partial charge is 0.0506 e. The third kappa shape index (κ3) is 4.87. The van der Waals surface area contributed by atoms with E-state index in [-0.39, 0.29) is 0 Å². The van der Waals surface area contributed by atoms with Crippen molar-refractivity contribution in [3.05, 3.63) is 0 Å². The summed E-state index contributed by atoms with van der Waals surface area (Å²) in [6.07, 6.45) is 7.98. The van der Waals surface area contributed by atoms with Gasteiger partial charge in [0.15, 0.2) is 0 Å². The van der Waals surface area contributed by atoms with Crippen LogP contribution in [0.15, 0.2) is 0 Å². The summed E-state index contributed by atoms with van der Waals surface area (Å²) in [5, 5.41) is 3.63. The molecule has 2 fully saturated rings. The lowest BCUT2D eigenvalue weighted by atomic mass is 10.0. The van der Waals surface area contributed by atoms with E-state index in [1.54, 1.807) is 0 Å². The van der Waals surface area contributed by atoms with Crippen molar-refractivity contribution in [2.45, 2.75) is 51.5 Å². The molecule has 0 bridgehead atoms. The van der Waals surface area contributed by atoms with Gasteiger partial charge in [-0.05, 0) is 51.1 Å². The minimum atomic E-state index is 0.742. The molecule has 2 atom stereocenters. The van der Waals surface area contributed by atoms with E-state index in [9.17, 15) is 0 Å². The lowest BCUT2D eigenvalue weighted by Gasteiger charge is -2.31. The standard InChI is InChI=1S/C15H30N2O/c1-2-3-9-17(12-15-7-4-8-16-15)11-14-6-5-10-18-13-14/h14-16H,2-13H2,1H3.